The molecule has 1 aliphatic heterocycles. The molecule has 0 spiro atoms. The normalized spacial score (nSPS) is 17.7. The molecule has 1 unspecified atom stereocenters. The molecule has 11 heteroatoms. The number of carbonyl (C=O) groups is 1. The number of nitrogens with one attached hydrogen (secondary N) is 3. The Balaban J connectivity index is 0.00000144. The second-order valence-corrected chi connectivity index (χ2v) is 4.87. The van der Waals surface area contributed by atoms with Crippen LogP contribution in [0.4, 0.5) is 18.9 Å². The van der Waals surface area contributed by atoms with Crippen molar-refractivity contribution >= 4 is 47.4 Å². The third kappa shape index (κ3) is 4.50. The van der Waals surface area contributed by atoms with Crippen molar-refractivity contribution in [2.75, 3.05) is 25.0 Å². The largest absolute Gasteiger partial charge is 0.449 e. The van der Waals surface area contributed by atoms with Gasteiger partial charge in [-0.3, -0.25) is 4.79 Å². The SMILES string of the molecule is Cl.Cl.O=C(Nc1ccc2nc(C(F)(F)F)[nH]c2c1)C1CNCCO1. The second-order valence-electron chi connectivity index (χ2n) is 4.87. The molecule has 0 bridgehead atoms. The average molecular weight is 387 g/mol. The number of imidazole rings is 1. The number of amides is 1. The Morgan fingerprint density at radius 2 is 2.08 bits per heavy atom. The molecule has 0 saturated carbocycles. The summed E-state index contributed by atoms with van der Waals surface area (Å²) in [5.74, 6) is -1.41. The van der Waals surface area contributed by atoms with E-state index in [1.807, 2.05) is 0 Å². The summed E-state index contributed by atoms with van der Waals surface area (Å²) >= 11 is 0. The number of anilines is 1. The van der Waals surface area contributed by atoms with E-state index in [1.165, 1.54) is 18.2 Å². The van der Waals surface area contributed by atoms with Crippen molar-refractivity contribution < 1.29 is 22.7 Å². The highest BCUT2D eigenvalue weighted by atomic mass is 35.5. The quantitative estimate of drug-likeness (QED) is 0.740. The maximum absolute atomic E-state index is 12.6. The van der Waals surface area contributed by atoms with Crippen LogP contribution in [0.25, 0.3) is 11.0 Å². The van der Waals surface area contributed by atoms with E-state index in [9.17, 15) is 18.0 Å². The maximum Gasteiger partial charge on any atom is 0.449 e. The first-order chi connectivity index (χ1) is 10.4. The summed E-state index contributed by atoms with van der Waals surface area (Å²) in [6, 6.07) is 4.32. The number of hydrogen-bond acceptors (Lipinski definition) is 4. The van der Waals surface area contributed by atoms with Crippen LogP contribution in [0, 0.1) is 0 Å². The Hall–Kier alpha value is -1.55. The minimum absolute atomic E-state index is 0. The van der Waals surface area contributed by atoms with E-state index >= 15 is 0 Å². The predicted molar refractivity (Wildman–Crippen MR) is 86.8 cm³/mol. The van der Waals surface area contributed by atoms with Gasteiger partial charge in [-0.2, -0.15) is 13.2 Å². The van der Waals surface area contributed by atoms with Gasteiger partial charge in [0.2, 0.25) is 5.82 Å². The van der Waals surface area contributed by atoms with Crippen LogP contribution in [0.1, 0.15) is 5.82 Å². The van der Waals surface area contributed by atoms with Gasteiger partial charge in [0.05, 0.1) is 17.6 Å². The summed E-state index contributed by atoms with van der Waals surface area (Å²) < 4.78 is 43.1. The van der Waals surface area contributed by atoms with Gasteiger partial charge >= 0.3 is 6.18 Å². The van der Waals surface area contributed by atoms with Crippen LogP contribution < -0.4 is 10.6 Å². The van der Waals surface area contributed by atoms with Crippen LogP contribution in [0.15, 0.2) is 18.2 Å². The molecule has 24 heavy (non-hydrogen) atoms. The lowest BCUT2D eigenvalue weighted by Gasteiger charge is -2.22. The minimum atomic E-state index is -4.54. The average Bonchev–Trinajstić information content (AvgIpc) is 2.91. The lowest BCUT2D eigenvalue weighted by Crippen LogP contribution is -2.45. The molecule has 3 N–H and O–H groups in total. The zero-order valence-electron chi connectivity index (χ0n) is 12.1. The summed E-state index contributed by atoms with van der Waals surface area (Å²) in [5, 5.41) is 5.64. The standard InChI is InChI=1S/C13H13F3N4O2.2ClH/c14-13(15,16)12-19-8-2-1-7(5-9(8)20-12)18-11(21)10-6-17-3-4-22-10;;/h1-2,5,10,17H,3-4,6H2,(H,18,21)(H,19,20);2*1H. The molecule has 2 aromatic rings. The van der Waals surface area contributed by atoms with E-state index in [2.05, 4.69) is 20.6 Å². The number of alkyl halides is 3. The van der Waals surface area contributed by atoms with Gasteiger partial charge in [0.1, 0.15) is 6.10 Å². The van der Waals surface area contributed by atoms with Crippen LogP contribution in [-0.4, -0.2) is 41.7 Å². The molecular weight excluding hydrogens is 372 g/mol. The summed E-state index contributed by atoms with van der Waals surface area (Å²) in [6.45, 7) is 1.52. The molecule has 0 aliphatic carbocycles. The van der Waals surface area contributed by atoms with Gasteiger partial charge in [0.15, 0.2) is 0 Å². The smallest absolute Gasteiger partial charge is 0.366 e. The highest BCUT2D eigenvalue weighted by Gasteiger charge is 2.34. The summed E-state index contributed by atoms with van der Waals surface area (Å²) in [6.07, 6.45) is -5.15. The van der Waals surface area contributed by atoms with E-state index in [4.69, 9.17) is 4.74 Å². The van der Waals surface area contributed by atoms with Crippen LogP contribution in [-0.2, 0) is 15.7 Å². The second kappa shape index (κ2) is 8.02. The van der Waals surface area contributed by atoms with Gasteiger partial charge in [-0.1, -0.05) is 0 Å². The van der Waals surface area contributed by atoms with Gasteiger partial charge in [0, 0.05) is 18.8 Å². The van der Waals surface area contributed by atoms with E-state index in [1.54, 1.807) is 0 Å². The van der Waals surface area contributed by atoms with Crippen molar-refractivity contribution in [2.45, 2.75) is 12.3 Å². The van der Waals surface area contributed by atoms with Crippen molar-refractivity contribution in [1.82, 2.24) is 15.3 Å². The maximum atomic E-state index is 12.6. The number of morpholine rings is 1. The fourth-order valence-corrected chi connectivity index (χ4v) is 2.18. The van der Waals surface area contributed by atoms with Crippen molar-refractivity contribution in [2.24, 2.45) is 0 Å². The molecule has 1 aromatic heterocycles. The molecule has 1 saturated heterocycles. The number of aromatic amines is 1. The Labute approximate surface area is 147 Å². The Bertz CT molecular complexity index is 702. The monoisotopic (exact) mass is 386 g/mol. The third-order valence-corrected chi connectivity index (χ3v) is 3.24. The number of halogens is 5. The summed E-state index contributed by atoms with van der Waals surface area (Å²) in [7, 11) is 0. The fourth-order valence-electron chi connectivity index (χ4n) is 2.18. The highest BCUT2D eigenvalue weighted by Crippen LogP contribution is 2.29. The molecule has 0 radical (unpaired) electrons. The van der Waals surface area contributed by atoms with Gasteiger partial charge in [0.25, 0.3) is 5.91 Å². The number of benzene rings is 1. The third-order valence-electron chi connectivity index (χ3n) is 3.24. The van der Waals surface area contributed by atoms with Crippen molar-refractivity contribution in [3.05, 3.63) is 24.0 Å². The Morgan fingerprint density at radius 1 is 1.33 bits per heavy atom. The molecular formula is C13H15Cl2F3N4O2. The van der Waals surface area contributed by atoms with Gasteiger partial charge in [-0.25, -0.2) is 4.98 Å². The summed E-state index contributed by atoms with van der Waals surface area (Å²) in [4.78, 5) is 17.6. The van der Waals surface area contributed by atoms with E-state index < -0.39 is 18.1 Å². The van der Waals surface area contributed by atoms with E-state index in [0.29, 0.717) is 25.4 Å². The molecule has 2 heterocycles. The molecule has 1 amide bonds. The molecule has 134 valence electrons. The molecule has 3 rings (SSSR count). The van der Waals surface area contributed by atoms with Crippen LogP contribution in [0.5, 0.6) is 0 Å². The van der Waals surface area contributed by atoms with Crippen LogP contribution >= 0.6 is 24.8 Å². The van der Waals surface area contributed by atoms with Crippen molar-refractivity contribution in [3.63, 3.8) is 0 Å². The molecule has 1 aliphatic rings. The zero-order valence-corrected chi connectivity index (χ0v) is 13.8. The number of nitrogens with zero attached hydrogens (tertiary/aromatic N) is 1. The van der Waals surface area contributed by atoms with E-state index in [0.717, 1.165) is 0 Å². The van der Waals surface area contributed by atoms with Crippen molar-refractivity contribution in [1.29, 1.82) is 0 Å². The highest BCUT2D eigenvalue weighted by molar-refractivity contribution is 5.96. The minimum Gasteiger partial charge on any atom is -0.366 e. The first kappa shape index (κ1) is 20.5. The van der Waals surface area contributed by atoms with Gasteiger partial charge in [-0.15, -0.1) is 24.8 Å². The molecule has 1 aromatic carbocycles. The number of fused-ring (bicyclic) bond motifs is 1. The fraction of sp³-hybridized carbons (Fsp3) is 0.385. The van der Waals surface area contributed by atoms with Gasteiger partial charge in [-0.05, 0) is 18.2 Å². The first-order valence-electron chi connectivity index (χ1n) is 6.63. The number of carbonyl (C=O) groups excluding carboxylic acids is 1. The Morgan fingerprint density at radius 3 is 2.71 bits per heavy atom. The first-order valence-corrected chi connectivity index (χ1v) is 6.63. The number of rotatable bonds is 2. The lowest BCUT2D eigenvalue weighted by atomic mass is 10.2. The van der Waals surface area contributed by atoms with E-state index in [-0.39, 0.29) is 41.8 Å². The summed E-state index contributed by atoms with van der Waals surface area (Å²) in [5.41, 5.74) is 0.762. The van der Waals surface area contributed by atoms with Gasteiger partial charge < -0.3 is 20.4 Å². The topological polar surface area (TPSA) is 79.0 Å². The predicted octanol–water partition coefficient (Wildman–Crippen LogP) is 2.35. The van der Waals surface area contributed by atoms with Crippen molar-refractivity contribution in [3.8, 4) is 0 Å². The number of aromatic nitrogens is 2. The molecule has 6 nitrogen and oxygen atoms in total. The Kier molecular flexibility index (Phi) is 6.85. The molecule has 1 atom stereocenters. The number of hydrogen-bond donors (Lipinski definition) is 3. The number of ether oxygens (including phenoxy) is 1. The zero-order chi connectivity index (χ0) is 15.7. The molecule has 1 fully saturated rings. The lowest BCUT2D eigenvalue weighted by molar-refractivity contribution is -0.144. The van der Waals surface area contributed by atoms with Crippen LogP contribution in [0.2, 0.25) is 0 Å². The van der Waals surface area contributed by atoms with Crippen LogP contribution in [0.3, 0.4) is 0 Å². The number of H-pyrrole nitrogens is 1.